The molecule has 1 aliphatic heterocycles. The van der Waals surface area contributed by atoms with E-state index in [9.17, 15) is 0 Å². The van der Waals surface area contributed by atoms with Crippen LogP contribution in [-0.2, 0) is 0 Å². The average molecular weight is 252 g/mol. The maximum atomic E-state index is 2.38. The molecule has 0 unspecified atom stereocenters. The van der Waals surface area contributed by atoms with E-state index in [4.69, 9.17) is 0 Å². The van der Waals surface area contributed by atoms with Crippen LogP contribution >= 0.6 is 0 Å². The lowest BCUT2D eigenvalue weighted by Gasteiger charge is -2.38. The number of hydrogen-bond donors (Lipinski definition) is 0. The lowest BCUT2D eigenvalue weighted by Crippen LogP contribution is -2.40. The van der Waals surface area contributed by atoms with E-state index in [-0.39, 0.29) is 0 Å². The first-order chi connectivity index (χ1) is 9.19. The molecule has 2 aromatic rings. The van der Waals surface area contributed by atoms with E-state index in [2.05, 4.69) is 74.8 Å². The highest BCUT2D eigenvalue weighted by atomic mass is 15.4. The predicted octanol–water partition coefficient (Wildman–Crippen LogP) is 4.34. The van der Waals surface area contributed by atoms with Crippen molar-refractivity contribution < 1.29 is 4.48 Å². The van der Waals surface area contributed by atoms with Gasteiger partial charge in [-0.25, -0.2) is 0 Å². The number of benzene rings is 2. The number of likely N-dealkylation sites (tertiary alicyclic amines) is 1. The van der Waals surface area contributed by atoms with E-state index in [1.165, 1.54) is 24.0 Å². The maximum Gasteiger partial charge on any atom is 0.115 e. The molecule has 0 bridgehead atoms. The van der Waals surface area contributed by atoms with Crippen LogP contribution in [0.1, 0.15) is 36.1 Å². The van der Waals surface area contributed by atoms with Gasteiger partial charge >= 0.3 is 0 Å². The van der Waals surface area contributed by atoms with Crippen LogP contribution in [0.15, 0.2) is 60.7 Å². The first kappa shape index (κ1) is 12.4. The highest BCUT2D eigenvalue weighted by molar-refractivity contribution is 5.22. The minimum Gasteiger partial charge on any atom is -0.316 e. The van der Waals surface area contributed by atoms with Crippen LogP contribution in [-0.4, -0.2) is 18.6 Å². The average Bonchev–Trinajstić information content (AvgIpc) is 2.76. The Bertz CT molecular complexity index is 481. The van der Waals surface area contributed by atoms with E-state index >= 15 is 0 Å². The first-order valence-electron chi connectivity index (χ1n) is 7.13. The summed E-state index contributed by atoms with van der Waals surface area (Å²) in [4.78, 5) is 0. The quantitative estimate of drug-likeness (QED) is 0.697. The second kappa shape index (κ2) is 4.82. The maximum absolute atomic E-state index is 2.38. The van der Waals surface area contributed by atoms with Crippen LogP contribution in [0.25, 0.3) is 0 Å². The monoisotopic (exact) mass is 252 g/mol. The molecule has 19 heavy (non-hydrogen) atoms. The van der Waals surface area contributed by atoms with Crippen molar-refractivity contribution in [3.8, 4) is 0 Å². The Hall–Kier alpha value is -1.60. The van der Waals surface area contributed by atoms with Gasteiger partial charge in [0, 0.05) is 24.0 Å². The van der Waals surface area contributed by atoms with Crippen LogP contribution in [0, 0.1) is 0 Å². The number of rotatable bonds is 2. The van der Waals surface area contributed by atoms with E-state index in [1.54, 1.807) is 0 Å². The van der Waals surface area contributed by atoms with Crippen molar-refractivity contribution in [2.45, 2.75) is 24.9 Å². The fourth-order valence-corrected chi connectivity index (χ4v) is 3.65. The molecular weight excluding hydrogens is 230 g/mol. The molecule has 0 radical (unpaired) electrons. The highest BCUT2D eigenvalue weighted by Crippen LogP contribution is 2.47. The molecule has 2 aromatic carbocycles. The molecule has 0 aromatic heterocycles. The summed E-state index contributed by atoms with van der Waals surface area (Å²) in [7, 11) is 4.75. The summed E-state index contributed by atoms with van der Waals surface area (Å²) in [6, 6.07) is 23.2. The molecule has 0 spiro atoms. The largest absolute Gasteiger partial charge is 0.316 e. The molecule has 98 valence electrons. The molecule has 0 saturated carbocycles. The second-order valence-electron chi connectivity index (χ2n) is 6.06. The molecule has 1 heterocycles. The third-order valence-electron chi connectivity index (χ3n) is 4.69. The van der Waals surface area contributed by atoms with E-state index in [0.29, 0.717) is 12.1 Å². The molecule has 1 heteroatoms. The van der Waals surface area contributed by atoms with E-state index in [1.807, 2.05) is 0 Å². The van der Waals surface area contributed by atoms with Gasteiger partial charge in [0.2, 0.25) is 0 Å². The summed E-state index contributed by atoms with van der Waals surface area (Å²) in [5.41, 5.74) is 2.96. The molecule has 1 nitrogen and oxygen atoms in total. The second-order valence-corrected chi connectivity index (χ2v) is 6.06. The van der Waals surface area contributed by atoms with Crippen LogP contribution < -0.4 is 0 Å². The molecule has 0 N–H and O–H groups in total. The van der Waals surface area contributed by atoms with Crippen molar-refractivity contribution in [3.63, 3.8) is 0 Å². The first-order valence-corrected chi connectivity index (χ1v) is 7.13. The van der Waals surface area contributed by atoms with Gasteiger partial charge in [0.05, 0.1) is 14.1 Å². The molecule has 0 aliphatic carbocycles. The van der Waals surface area contributed by atoms with Crippen molar-refractivity contribution in [1.82, 2.24) is 0 Å². The van der Waals surface area contributed by atoms with Crippen LogP contribution in [0.5, 0.6) is 0 Å². The van der Waals surface area contributed by atoms with Crippen molar-refractivity contribution in [2.24, 2.45) is 0 Å². The number of quaternary nitrogens is 1. The molecule has 0 amide bonds. The van der Waals surface area contributed by atoms with Crippen molar-refractivity contribution in [3.05, 3.63) is 71.8 Å². The Morgan fingerprint density at radius 1 is 0.684 bits per heavy atom. The fraction of sp³-hybridized carbons (Fsp3) is 0.333. The van der Waals surface area contributed by atoms with Gasteiger partial charge in [-0.15, -0.1) is 0 Å². The normalized spacial score (nSPS) is 25.4. The zero-order valence-electron chi connectivity index (χ0n) is 11.8. The van der Waals surface area contributed by atoms with Gasteiger partial charge in [-0.2, -0.15) is 0 Å². The summed E-state index contributed by atoms with van der Waals surface area (Å²) >= 11 is 0. The highest BCUT2D eigenvalue weighted by Gasteiger charge is 2.44. The zero-order valence-corrected chi connectivity index (χ0v) is 11.8. The zero-order chi connectivity index (χ0) is 13.3. The summed E-state index contributed by atoms with van der Waals surface area (Å²) < 4.78 is 1.06. The summed E-state index contributed by atoms with van der Waals surface area (Å²) in [6.07, 6.45) is 2.55. The topological polar surface area (TPSA) is 0 Å². The van der Waals surface area contributed by atoms with Crippen molar-refractivity contribution >= 4 is 0 Å². The molecule has 3 rings (SSSR count). The summed E-state index contributed by atoms with van der Waals surface area (Å²) in [6.45, 7) is 0. The molecule has 1 fully saturated rings. The molecule has 2 atom stereocenters. The molecule has 1 aliphatic rings. The van der Waals surface area contributed by atoms with Gasteiger partial charge in [0.1, 0.15) is 12.1 Å². The van der Waals surface area contributed by atoms with Crippen LogP contribution in [0.3, 0.4) is 0 Å². The third kappa shape index (κ3) is 2.19. The van der Waals surface area contributed by atoms with Crippen LogP contribution in [0.2, 0.25) is 0 Å². The summed E-state index contributed by atoms with van der Waals surface area (Å²) in [5.74, 6) is 0. The minimum atomic E-state index is 0.617. The lowest BCUT2D eigenvalue weighted by molar-refractivity contribution is -0.936. The van der Waals surface area contributed by atoms with Gasteiger partial charge < -0.3 is 4.48 Å². The van der Waals surface area contributed by atoms with Gasteiger partial charge in [-0.3, -0.25) is 0 Å². The molecular formula is C18H22N+. The van der Waals surface area contributed by atoms with Gasteiger partial charge in [0.15, 0.2) is 0 Å². The van der Waals surface area contributed by atoms with Crippen LogP contribution in [0.4, 0.5) is 0 Å². The Balaban J connectivity index is 1.92. The molecule has 1 saturated heterocycles. The van der Waals surface area contributed by atoms with Gasteiger partial charge in [0.25, 0.3) is 0 Å². The van der Waals surface area contributed by atoms with E-state index < -0.39 is 0 Å². The Kier molecular flexibility index (Phi) is 3.16. The summed E-state index contributed by atoms with van der Waals surface area (Å²) in [5, 5.41) is 0. The Morgan fingerprint density at radius 2 is 1.05 bits per heavy atom. The minimum absolute atomic E-state index is 0.617. The van der Waals surface area contributed by atoms with Crippen molar-refractivity contribution in [2.75, 3.05) is 14.1 Å². The van der Waals surface area contributed by atoms with Gasteiger partial charge in [-0.05, 0) is 0 Å². The Labute approximate surface area is 116 Å². The smallest absolute Gasteiger partial charge is 0.115 e. The third-order valence-corrected chi connectivity index (χ3v) is 4.69. The predicted molar refractivity (Wildman–Crippen MR) is 79.7 cm³/mol. The number of nitrogens with zero attached hydrogens (tertiary/aromatic N) is 1. The lowest BCUT2D eigenvalue weighted by atomic mass is 10.0. The Morgan fingerprint density at radius 3 is 1.42 bits per heavy atom. The fourth-order valence-electron chi connectivity index (χ4n) is 3.65. The van der Waals surface area contributed by atoms with Gasteiger partial charge in [-0.1, -0.05) is 60.7 Å². The SMILES string of the molecule is C[N+]1(C)[C@H](c2ccccc2)CC[C@H]1c1ccccc1. The van der Waals surface area contributed by atoms with Crippen molar-refractivity contribution in [1.29, 1.82) is 0 Å². The van der Waals surface area contributed by atoms with E-state index in [0.717, 1.165) is 4.48 Å². The standard InChI is InChI=1S/C18H22N/c1-19(2)17(15-9-5-3-6-10-15)13-14-18(19)16-11-7-4-8-12-16/h3-12,17-18H,13-14H2,1-2H3/q+1/t17-,18-/m0/s1. The number of hydrogen-bond acceptors (Lipinski definition) is 0.